The first kappa shape index (κ1) is 14.9. The van der Waals surface area contributed by atoms with Gasteiger partial charge in [-0.25, -0.2) is 9.67 Å². The minimum atomic E-state index is -0.222. The van der Waals surface area contributed by atoms with Crippen molar-refractivity contribution in [3.8, 4) is 5.69 Å². The largest absolute Gasteiger partial charge is 0.226 e. The molecule has 0 atom stereocenters. The van der Waals surface area contributed by atoms with Crippen LogP contribution in [0.25, 0.3) is 5.69 Å². The molecule has 1 aromatic heterocycles. The molecule has 102 valence electrons. The highest BCUT2D eigenvalue weighted by Crippen LogP contribution is 2.34. The van der Waals surface area contributed by atoms with Crippen LogP contribution in [0.4, 0.5) is 0 Å². The molecule has 2 aromatic rings. The van der Waals surface area contributed by atoms with Gasteiger partial charge in [0.15, 0.2) is 5.82 Å². The molecule has 0 spiro atoms. The molecule has 0 amide bonds. The van der Waals surface area contributed by atoms with Gasteiger partial charge in [0.2, 0.25) is 5.28 Å². The summed E-state index contributed by atoms with van der Waals surface area (Å²) < 4.78 is 1.42. The Balaban J connectivity index is 2.64. The second-order valence-corrected chi connectivity index (χ2v) is 6.67. The maximum Gasteiger partial charge on any atom is 0.226 e. The first-order valence-electron chi connectivity index (χ1n) is 5.48. The number of benzene rings is 1. The lowest BCUT2D eigenvalue weighted by molar-refractivity contribution is 0.543. The van der Waals surface area contributed by atoms with Gasteiger partial charge in [-0.3, -0.25) is 0 Å². The zero-order valence-corrected chi connectivity index (χ0v) is 13.5. The van der Waals surface area contributed by atoms with Gasteiger partial charge in [-0.05, 0) is 23.7 Å². The number of halogens is 4. The summed E-state index contributed by atoms with van der Waals surface area (Å²) in [7, 11) is 0. The monoisotopic (exact) mass is 337 g/mol. The van der Waals surface area contributed by atoms with Gasteiger partial charge in [0.1, 0.15) is 5.69 Å². The first-order chi connectivity index (χ1) is 8.70. The van der Waals surface area contributed by atoms with E-state index < -0.39 is 0 Å². The molecule has 3 nitrogen and oxygen atoms in total. The zero-order chi connectivity index (χ0) is 14.4. The second kappa shape index (κ2) is 5.13. The van der Waals surface area contributed by atoms with Crippen LogP contribution in [0.1, 0.15) is 26.6 Å². The van der Waals surface area contributed by atoms with Crippen LogP contribution < -0.4 is 0 Å². The lowest BCUT2D eigenvalue weighted by Crippen LogP contribution is -2.14. The summed E-state index contributed by atoms with van der Waals surface area (Å²) in [5, 5.41) is 5.75. The van der Waals surface area contributed by atoms with Gasteiger partial charge in [0, 0.05) is 10.4 Å². The smallest absolute Gasteiger partial charge is 0.200 e. The van der Waals surface area contributed by atoms with E-state index in [1.54, 1.807) is 12.1 Å². The van der Waals surface area contributed by atoms with E-state index in [1.807, 2.05) is 20.8 Å². The van der Waals surface area contributed by atoms with E-state index in [0.29, 0.717) is 26.6 Å². The predicted molar refractivity (Wildman–Crippen MR) is 80.1 cm³/mol. The van der Waals surface area contributed by atoms with Crippen molar-refractivity contribution < 1.29 is 0 Å². The third kappa shape index (κ3) is 3.00. The van der Waals surface area contributed by atoms with Crippen molar-refractivity contribution in [2.24, 2.45) is 0 Å². The van der Waals surface area contributed by atoms with Gasteiger partial charge < -0.3 is 0 Å². The maximum atomic E-state index is 6.15. The van der Waals surface area contributed by atoms with E-state index in [9.17, 15) is 0 Å². The van der Waals surface area contributed by atoms with Crippen LogP contribution >= 0.6 is 46.4 Å². The molecular formula is C12H11Cl4N3. The van der Waals surface area contributed by atoms with E-state index in [2.05, 4.69) is 10.1 Å². The van der Waals surface area contributed by atoms with Gasteiger partial charge >= 0.3 is 0 Å². The lowest BCUT2D eigenvalue weighted by atomic mass is 9.96. The van der Waals surface area contributed by atoms with Crippen LogP contribution in [0, 0.1) is 0 Å². The summed E-state index contributed by atoms with van der Waals surface area (Å²) in [6, 6.07) is 3.16. The quantitative estimate of drug-likeness (QED) is 0.717. The summed E-state index contributed by atoms with van der Waals surface area (Å²) in [6.07, 6.45) is 0. The molecule has 7 heteroatoms. The van der Waals surface area contributed by atoms with Crippen molar-refractivity contribution >= 4 is 46.4 Å². The molecule has 19 heavy (non-hydrogen) atoms. The van der Waals surface area contributed by atoms with Crippen molar-refractivity contribution in [2.45, 2.75) is 26.2 Å². The Morgan fingerprint density at radius 3 is 1.95 bits per heavy atom. The highest BCUT2D eigenvalue weighted by Gasteiger charge is 2.23. The third-order valence-corrected chi connectivity index (χ3v) is 3.47. The molecule has 0 fully saturated rings. The summed E-state index contributed by atoms with van der Waals surface area (Å²) in [5.74, 6) is 0.611. The number of aromatic nitrogens is 3. The maximum absolute atomic E-state index is 6.15. The second-order valence-electron chi connectivity index (χ2n) is 5.08. The van der Waals surface area contributed by atoms with Crippen LogP contribution in [-0.4, -0.2) is 14.8 Å². The molecule has 0 saturated carbocycles. The fourth-order valence-corrected chi connectivity index (χ4v) is 2.67. The molecule has 1 heterocycles. The van der Waals surface area contributed by atoms with Crippen LogP contribution in [0.15, 0.2) is 12.1 Å². The number of hydrogen-bond acceptors (Lipinski definition) is 2. The molecule has 0 N–H and O–H groups in total. The lowest BCUT2D eigenvalue weighted by Gasteiger charge is -2.12. The molecule has 0 aliphatic rings. The van der Waals surface area contributed by atoms with Crippen molar-refractivity contribution in [2.75, 3.05) is 0 Å². The highest BCUT2D eigenvalue weighted by atomic mass is 35.5. The number of rotatable bonds is 1. The molecule has 1 aromatic carbocycles. The summed E-state index contributed by atoms with van der Waals surface area (Å²) in [4.78, 5) is 4.23. The van der Waals surface area contributed by atoms with Crippen molar-refractivity contribution in [3.05, 3.63) is 38.3 Å². The van der Waals surface area contributed by atoms with Crippen LogP contribution in [0.2, 0.25) is 20.4 Å². The minimum Gasteiger partial charge on any atom is -0.200 e. The average molecular weight is 339 g/mol. The third-order valence-electron chi connectivity index (χ3n) is 2.43. The Hall–Kier alpha value is -0.480. The zero-order valence-electron chi connectivity index (χ0n) is 10.5. The van der Waals surface area contributed by atoms with Gasteiger partial charge in [-0.2, -0.15) is 0 Å². The van der Waals surface area contributed by atoms with Crippen LogP contribution in [-0.2, 0) is 5.41 Å². The van der Waals surface area contributed by atoms with E-state index in [4.69, 9.17) is 46.4 Å². The first-order valence-corrected chi connectivity index (χ1v) is 6.99. The van der Waals surface area contributed by atoms with E-state index in [-0.39, 0.29) is 10.7 Å². The molecule has 0 radical (unpaired) electrons. The summed E-state index contributed by atoms with van der Waals surface area (Å²) >= 11 is 24.3. The van der Waals surface area contributed by atoms with E-state index in [1.165, 1.54) is 4.68 Å². The Bertz CT molecular complexity index is 605. The fraction of sp³-hybridized carbons (Fsp3) is 0.333. The fourth-order valence-electron chi connectivity index (χ4n) is 1.49. The molecule has 2 rings (SSSR count). The van der Waals surface area contributed by atoms with Gasteiger partial charge in [-0.15, -0.1) is 5.10 Å². The molecule has 0 unspecified atom stereocenters. The van der Waals surface area contributed by atoms with E-state index >= 15 is 0 Å². The van der Waals surface area contributed by atoms with Crippen LogP contribution in [0.3, 0.4) is 0 Å². The molecule has 0 aliphatic heterocycles. The molecular weight excluding hydrogens is 328 g/mol. The molecule has 0 saturated heterocycles. The van der Waals surface area contributed by atoms with Crippen molar-refractivity contribution in [1.29, 1.82) is 0 Å². The topological polar surface area (TPSA) is 30.7 Å². The van der Waals surface area contributed by atoms with E-state index in [0.717, 1.165) is 0 Å². The Labute approximate surface area is 131 Å². The average Bonchev–Trinajstić information content (AvgIpc) is 2.59. The molecule has 0 aliphatic carbocycles. The minimum absolute atomic E-state index is 0.205. The molecule has 0 bridgehead atoms. The number of hydrogen-bond donors (Lipinski definition) is 0. The Morgan fingerprint density at radius 2 is 1.53 bits per heavy atom. The predicted octanol–water partition coefficient (Wildman–Crippen LogP) is 5.18. The van der Waals surface area contributed by atoms with Crippen molar-refractivity contribution in [3.63, 3.8) is 0 Å². The van der Waals surface area contributed by atoms with Gasteiger partial charge in [0.25, 0.3) is 0 Å². The Kier molecular flexibility index (Phi) is 4.03. The summed E-state index contributed by atoms with van der Waals surface area (Å²) in [6.45, 7) is 5.98. The SMILES string of the molecule is CC(C)(C)c1nc(Cl)n(-c2c(Cl)cc(Cl)cc2Cl)n1. The van der Waals surface area contributed by atoms with Crippen molar-refractivity contribution in [1.82, 2.24) is 14.8 Å². The number of nitrogens with zero attached hydrogens (tertiary/aromatic N) is 3. The normalized spacial score (nSPS) is 11.9. The highest BCUT2D eigenvalue weighted by molar-refractivity contribution is 6.40. The van der Waals surface area contributed by atoms with Gasteiger partial charge in [0.05, 0.1) is 10.0 Å². The van der Waals surface area contributed by atoms with Gasteiger partial charge in [-0.1, -0.05) is 55.6 Å². The summed E-state index contributed by atoms with van der Waals surface area (Å²) in [5.41, 5.74) is 0.251. The standard InChI is InChI=1S/C12H11Cl4N3/c1-12(2,3)10-17-11(16)19(18-10)9-7(14)4-6(13)5-8(9)15/h4-5H,1-3H3. The Morgan fingerprint density at radius 1 is 1.00 bits per heavy atom. The van der Waals surface area contributed by atoms with Crippen LogP contribution in [0.5, 0.6) is 0 Å².